The molecule has 2 aliphatic rings. The fourth-order valence-corrected chi connectivity index (χ4v) is 5.46. The van der Waals surface area contributed by atoms with Gasteiger partial charge in [-0.1, -0.05) is 35.4 Å². The van der Waals surface area contributed by atoms with Crippen molar-refractivity contribution in [2.75, 3.05) is 0 Å². The van der Waals surface area contributed by atoms with Gasteiger partial charge in [0.1, 0.15) is 28.9 Å². The average molecular weight is 550 g/mol. The predicted octanol–water partition coefficient (Wildman–Crippen LogP) is 5.28. The lowest BCUT2D eigenvalue weighted by Crippen LogP contribution is -2.49. The second kappa shape index (κ2) is 11.8. The molecule has 1 amide bonds. The molecule has 0 saturated carbocycles. The van der Waals surface area contributed by atoms with E-state index in [4.69, 9.17) is 4.74 Å². The van der Waals surface area contributed by atoms with Crippen molar-refractivity contribution in [3.05, 3.63) is 75.9 Å². The number of hydrogen-bond donors (Lipinski definition) is 4. The van der Waals surface area contributed by atoms with Gasteiger partial charge >= 0.3 is 5.97 Å². The van der Waals surface area contributed by atoms with Crippen molar-refractivity contribution in [3.63, 3.8) is 0 Å². The molecule has 0 saturated heterocycles. The Morgan fingerprint density at radius 1 is 1.12 bits per heavy atom. The van der Waals surface area contributed by atoms with Gasteiger partial charge in [0.05, 0.1) is 18.2 Å². The molecule has 8 nitrogen and oxygen atoms in total. The van der Waals surface area contributed by atoms with Gasteiger partial charge in [-0.25, -0.2) is 4.79 Å². The van der Waals surface area contributed by atoms with Crippen molar-refractivity contribution in [2.24, 2.45) is 0 Å². The van der Waals surface area contributed by atoms with Crippen LogP contribution in [0.3, 0.4) is 0 Å². The Kier molecular flexibility index (Phi) is 8.59. The van der Waals surface area contributed by atoms with Crippen molar-refractivity contribution in [2.45, 2.75) is 90.5 Å². The molecule has 2 heterocycles. The molecule has 0 bridgehead atoms. The molecule has 214 valence electrons. The van der Waals surface area contributed by atoms with Crippen LogP contribution < -0.4 is 4.74 Å². The molecular formula is C32H39NO7. The zero-order valence-corrected chi connectivity index (χ0v) is 23.6. The lowest BCUT2D eigenvalue weighted by Gasteiger charge is -2.41. The SMILES string of the molecule is CC(C)=CCC/C(C)=C/CC[C@]1(C)Oc2c(c(O)cc3c2CN([C@@H](Cc2ccc(O)cc2)C(=O)O)C3=O)C[C@@H]1O. The summed E-state index contributed by atoms with van der Waals surface area (Å²) in [7, 11) is 0. The second-order valence-electron chi connectivity index (χ2n) is 11.4. The van der Waals surface area contributed by atoms with Crippen LogP contribution in [0.4, 0.5) is 0 Å². The van der Waals surface area contributed by atoms with Crippen LogP contribution in [-0.2, 0) is 24.2 Å². The first-order valence-electron chi connectivity index (χ1n) is 13.7. The Morgan fingerprint density at radius 2 is 1.82 bits per heavy atom. The van der Waals surface area contributed by atoms with Crippen LogP contribution in [0.5, 0.6) is 17.2 Å². The molecule has 4 N–H and O–H groups in total. The molecule has 40 heavy (non-hydrogen) atoms. The molecule has 8 heteroatoms. The summed E-state index contributed by atoms with van der Waals surface area (Å²) < 4.78 is 6.42. The third-order valence-corrected chi connectivity index (χ3v) is 7.97. The number of carboxylic acid groups (broad SMARTS) is 1. The number of carbonyl (C=O) groups excluding carboxylic acids is 1. The highest BCUT2D eigenvalue weighted by molar-refractivity contribution is 6.02. The first-order valence-corrected chi connectivity index (χ1v) is 13.7. The number of rotatable bonds is 10. The topological polar surface area (TPSA) is 128 Å². The standard InChI is InChI=1S/C32H39NO7/c1-19(2)7-5-8-20(3)9-6-14-32(4)28(36)17-24-27(35)16-23-25(29(24)40-32)18-33(30(23)37)26(31(38)39)15-21-10-12-22(34)13-11-21/h7,9-13,16,26,28,34-36H,5-6,8,14-15,17-18H2,1-4H3,(H,38,39)/b20-9+/t26-,28-,32-/m0/s1. The predicted molar refractivity (Wildman–Crippen MR) is 152 cm³/mol. The van der Waals surface area contributed by atoms with Crippen molar-refractivity contribution < 1.29 is 34.8 Å². The zero-order chi connectivity index (χ0) is 29.2. The van der Waals surface area contributed by atoms with Crippen LogP contribution in [0.2, 0.25) is 0 Å². The maximum atomic E-state index is 13.4. The van der Waals surface area contributed by atoms with Crippen LogP contribution in [0.15, 0.2) is 53.6 Å². The Hall–Kier alpha value is -3.78. The molecule has 0 aliphatic carbocycles. The van der Waals surface area contributed by atoms with E-state index in [1.165, 1.54) is 34.2 Å². The van der Waals surface area contributed by atoms with Gasteiger partial charge in [0, 0.05) is 24.0 Å². The average Bonchev–Trinajstić information content (AvgIpc) is 3.20. The van der Waals surface area contributed by atoms with E-state index in [1.807, 2.05) is 6.92 Å². The Balaban J connectivity index is 1.56. The van der Waals surface area contributed by atoms with Gasteiger partial charge in [0.25, 0.3) is 5.91 Å². The summed E-state index contributed by atoms with van der Waals surface area (Å²) in [6.07, 6.45) is 6.90. The number of carboxylic acids is 1. The molecule has 0 unspecified atom stereocenters. The fraction of sp³-hybridized carbons (Fsp3) is 0.438. The van der Waals surface area contributed by atoms with Crippen molar-refractivity contribution in [1.82, 2.24) is 4.90 Å². The van der Waals surface area contributed by atoms with Gasteiger partial charge in [-0.2, -0.15) is 0 Å². The minimum absolute atomic E-state index is 0.0153. The molecule has 2 aromatic carbocycles. The number of nitrogens with zero attached hydrogens (tertiary/aromatic N) is 1. The van der Waals surface area contributed by atoms with E-state index >= 15 is 0 Å². The number of hydrogen-bond acceptors (Lipinski definition) is 6. The van der Waals surface area contributed by atoms with Gasteiger partial charge in [0.15, 0.2) is 0 Å². The monoisotopic (exact) mass is 549 g/mol. The van der Waals surface area contributed by atoms with Crippen LogP contribution in [0.25, 0.3) is 0 Å². The number of ether oxygens (including phenoxy) is 1. The van der Waals surface area contributed by atoms with Gasteiger partial charge in [0.2, 0.25) is 0 Å². The summed E-state index contributed by atoms with van der Waals surface area (Å²) in [5.74, 6) is -1.37. The molecule has 3 atom stereocenters. The van der Waals surface area contributed by atoms with E-state index in [1.54, 1.807) is 12.1 Å². The van der Waals surface area contributed by atoms with Crippen molar-refractivity contribution >= 4 is 11.9 Å². The molecule has 0 aromatic heterocycles. The van der Waals surface area contributed by atoms with E-state index in [0.717, 1.165) is 12.8 Å². The molecule has 0 fully saturated rings. The number of allylic oxidation sites excluding steroid dienone is 4. The van der Waals surface area contributed by atoms with Crippen molar-refractivity contribution in [1.29, 1.82) is 0 Å². The largest absolute Gasteiger partial charge is 0.508 e. The smallest absolute Gasteiger partial charge is 0.326 e. The maximum absolute atomic E-state index is 13.4. The first-order chi connectivity index (χ1) is 18.9. The molecular weight excluding hydrogens is 510 g/mol. The van der Waals surface area contributed by atoms with Crippen LogP contribution in [0.1, 0.15) is 80.4 Å². The fourth-order valence-electron chi connectivity index (χ4n) is 5.46. The van der Waals surface area contributed by atoms with Gasteiger partial charge in [-0.15, -0.1) is 0 Å². The number of aromatic hydroxyl groups is 2. The number of amides is 1. The van der Waals surface area contributed by atoms with E-state index in [2.05, 4.69) is 32.9 Å². The Bertz CT molecular complexity index is 1340. The normalized spacial score (nSPS) is 20.9. The summed E-state index contributed by atoms with van der Waals surface area (Å²) in [4.78, 5) is 27.0. The third kappa shape index (κ3) is 6.17. The van der Waals surface area contributed by atoms with Crippen LogP contribution in [0, 0.1) is 0 Å². The number of aliphatic hydroxyl groups excluding tert-OH is 1. The quantitative estimate of drug-likeness (QED) is 0.297. The number of phenols is 2. The molecule has 2 aromatic rings. The molecule has 0 spiro atoms. The van der Waals surface area contributed by atoms with Gasteiger partial charge in [-0.3, -0.25) is 4.79 Å². The number of benzene rings is 2. The van der Waals surface area contributed by atoms with Crippen molar-refractivity contribution in [3.8, 4) is 17.2 Å². The summed E-state index contributed by atoms with van der Waals surface area (Å²) in [5, 5.41) is 41.4. The number of fused-ring (bicyclic) bond motifs is 3. The summed E-state index contributed by atoms with van der Waals surface area (Å²) in [6.45, 7) is 8.11. The van der Waals surface area contributed by atoms with Crippen LogP contribution >= 0.6 is 0 Å². The number of carbonyl (C=O) groups is 2. The minimum Gasteiger partial charge on any atom is -0.508 e. The van der Waals surface area contributed by atoms with Crippen LogP contribution in [-0.4, -0.2) is 54.9 Å². The molecule has 0 radical (unpaired) electrons. The number of aliphatic hydroxyl groups is 1. The summed E-state index contributed by atoms with van der Waals surface area (Å²) >= 11 is 0. The van der Waals surface area contributed by atoms with Gasteiger partial charge < -0.3 is 30.1 Å². The lowest BCUT2D eigenvalue weighted by atomic mass is 9.84. The van der Waals surface area contributed by atoms with E-state index in [0.29, 0.717) is 35.3 Å². The first kappa shape index (κ1) is 29.2. The minimum atomic E-state index is -1.15. The van der Waals surface area contributed by atoms with E-state index in [9.17, 15) is 30.0 Å². The summed E-state index contributed by atoms with van der Waals surface area (Å²) in [6, 6.07) is 6.40. The van der Waals surface area contributed by atoms with E-state index < -0.39 is 29.6 Å². The van der Waals surface area contributed by atoms with Gasteiger partial charge in [-0.05, 0) is 77.1 Å². The molecule has 2 aliphatic heterocycles. The highest BCUT2D eigenvalue weighted by Gasteiger charge is 2.45. The Morgan fingerprint density at radius 3 is 2.48 bits per heavy atom. The second-order valence-corrected chi connectivity index (χ2v) is 11.4. The zero-order valence-electron chi connectivity index (χ0n) is 23.6. The highest BCUT2D eigenvalue weighted by Crippen LogP contribution is 2.46. The number of aliphatic carboxylic acids is 1. The lowest BCUT2D eigenvalue weighted by molar-refractivity contribution is -0.142. The highest BCUT2D eigenvalue weighted by atomic mass is 16.5. The maximum Gasteiger partial charge on any atom is 0.326 e. The number of phenolic OH excluding ortho intramolecular Hbond substituents is 2. The van der Waals surface area contributed by atoms with E-state index in [-0.39, 0.29) is 36.4 Å². The Labute approximate surface area is 235 Å². The third-order valence-electron chi connectivity index (χ3n) is 7.97. The summed E-state index contributed by atoms with van der Waals surface area (Å²) in [5.41, 5.74) is 3.44. The molecule has 4 rings (SSSR count).